The smallest absolute Gasteiger partial charge is 0.229 e. The molecule has 3 rings (SSSR count). The summed E-state index contributed by atoms with van der Waals surface area (Å²) in [5.74, 6) is 0.891. The third-order valence-electron chi connectivity index (χ3n) is 5.12. The number of imide groups is 1. The molecule has 0 radical (unpaired) electrons. The number of carbonyl (C=O) groups is 2. The van der Waals surface area contributed by atoms with Gasteiger partial charge in [0, 0.05) is 45.1 Å². The van der Waals surface area contributed by atoms with Crippen LogP contribution in [0.5, 0.6) is 5.88 Å². The molecule has 2 saturated heterocycles. The van der Waals surface area contributed by atoms with E-state index in [-0.39, 0.29) is 50.1 Å². The molecular weight excluding hydrogens is 410 g/mol. The molecule has 2 amide bonds. The van der Waals surface area contributed by atoms with E-state index in [0.717, 1.165) is 36.6 Å². The van der Waals surface area contributed by atoms with E-state index < -0.39 is 10.0 Å². The lowest BCUT2D eigenvalue weighted by Crippen LogP contribution is -2.44. The number of ether oxygens (including phenoxy) is 1. The van der Waals surface area contributed by atoms with Crippen molar-refractivity contribution >= 4 is 27.7 Å². The molecule has 0 unspecified atom stereocenters. The fourth-order valence-corrected chi connectivity index (χ4v) is 4.53. The molecule has 2 fully saturated rings. The normalized spacial score (nSPS) is 18.0. The molecule has 1 aromatic heterocycles. The number of likely N-dealkylation sites (tertiary alicyclic amines) is 1. The van der Waals surface area contributed by atoms with E-state index in [9.17, 15) is 18.0 Å². The minimum Gasteiger partial charge on any atom is -0.476 e. The number of nitrogens with one attached hydrogen (secondary N) is 1. The molecule has 10 nitrogen and oxygen atoms in total. The first kappa shape index (κ1) is 22.4. The zero-order chi connectivity index (χ0) is 21.6. The maximum absolute atomic E-state index is 12.2. The molecule has 2 aliphatic rings. The van der Waals surface area contributed by atoms with Crippen LogP contribution in [0.15, 0.2) is 6.07 Å². The van der Waals surface area contributed by atoms with E-state index in [0.29, 0.717) is 18.1 Å². The lowest BCUT2D eigenvalue weighted by molar-refractivity contribution is -0.147. The highest BCUT2D eigenvalue weighted by Gasteiger charge is 2.27. The van der Waals surface area contributed by atoms with Gasteiger partial charge in [-0.05, 0) is 32.6 Å². The lowest BCUT2D eigenvalue weighted by atomic mass is 10.1. The first-order chi connectivity index (χ1) is 14.3. The molecule has 11 heteroatoms. The van der Waals surface area contributed by atoms with Crippen molar-refractivity contribution in [3.8, 4) is 5.88 Å². The van der Waals surface area contributed by atoms with Gasteiger partial charge in [0.25, 0.3) is 0 Å². The summed E-state index contributed by atoms with van der Waals surface area (Å²) in [4.78, 5) is 35.5. The van der Waals surface area contributed by atoms with Gasteiger partial charge >= 0.3 is 0 Å². The van der Waals surface area contributed by atoms with E-state index in [4.69, 9.17) is 4.74 Å². The number of carbonyl (C=O) groups excluding carboxylic acids is 2. The Balaban J connectivity index is 1.45. The van der Waals surface area contributed by atoms with Crippen molar-refractivity contribution < 1.29 is 22.7 Å². The summed E-state index contributed by atoms with van der Waals surface area (Å²) >= 11 is 0. The highest BCUT2D eigenvalue weighted by Crippen LogP contribution is 2.21. The molecule has 0 atom stereocenters. The maximum atomic E-state index is 12.2. The summed E-state index contributed by atoms with van der Waals surface area (Å²) in [5.41, 5.74) is 0. The van der Waals surface area contributed by atoms with Gasteiger partial charge in [-0.2, -0.15) is 4.98 Å². The summed E-state index contributed by atoms with van der Waals surface area (Å²) in [7, 11) is -3.63. The molecule has 1 aromatic rings. The highest BCUT2D eigenvalue weighted by atomic mass is 32.2. The number of hydrogen-bond acceptors (Lipinski definition) is 8. The highest BCUT2D eigenvalue weighted by molar-refractivity contribution is 7.89. The number of nitrogens with zero attached hydrogens (tertiary/aromatic N) is 4. The van der Waals surface area contributed by atoms with Gasteiger partial charge in [0.15, 0.2) is 0 Å². The van der Waals surface area contributed by atoms with Gasteiger partial charge in [-0.25, -0.2) is 18.1 Å². The average Bonchev–Trinajstić information content (AvgIpc) is 2.71. The molecule has 3 heterocycles. The van der Waals surface area contributed by atoms with Crippen LogP contribution in [0, 0.1) is 6.92 Å². The largest absolute Gasteiger partial charge is 0.476 e. The molecule has 2 aliphatic heterocycles. The second-order valence-electron chi connectivity index (χ2n) is 7.51. The Morgan fingerprint density at radius 2 is 1.77 bits per heavy atom. The molecular formula is C19H29N5O5S. The van der Waals surface area contributed by atoms with Gasteiger partial charge in [-0.3, -0.25) is 14.5 Å². The summed E-state index contributed by atoms with van der Waals surface area (Å²) in [6.45, 7) is 3.75. The summed E-state index contributed by atoms with van der Waals surface area (Å²) in [6.07, 6.45) is 4.59. The third-order valence-corrected chi connectivity index (χ3v) is 6.49. The van der Waals surface area contributed by atoms with Crippen molar-refractivity contribution in [2.75, 3.05) is 43.4 Å². The van der Waals surface area contributed by atoms with Gasteiger partial charge in [0.05, 0.1) is 5.75 Å². The predicted octanol–water partition coefficient (Wildman–Crippen LogP) is 0.613. The third kappa shape index (κ3) is 6.36. The van der Waals surface area contributed by atoms with E-state index >= 15 is 0 Å². The predicted molar refractivity (Wildman–Crippen MR) is 111 cm³/mol. The van der Waals surface area contributed by atoms with Crippen molar-refractivity contribution in [2.45, 2.75) is 45.4 Å². The fraction of sp³-hybridized carbons (Fsp3) is 0.684. The van der Waals surface area contributed by atoms with E-state index in [2.05, 4.69) is 19.6 Å². The van der Waals surface area contributed by atoms with Crippen molar-refractivity contribution in [3.05, 3.63) is 11.9 Å². The number of anilines is 1. The van der Waals surface area contributed by atoms with Crippen molar-refractivity contribution in [2.24, 2.45) is 0 Å². The van der Waals surface area contributed by atoms with Crippen molar-refractivity contribution in [1.82, 2.24) is 19.6 Å². The number of amides is 2. The number of hydrogen-bond donors (Lipinski definition) is 1. The molecule has 0 aromatic carbocycles. The van der Waals surface area contributed by atoms with Crippen LogP contribution in [0.4, 0.5) is 5.82 Å². The van der Waals surface area contributed by atoms with Crippen LogP contribution in [-0.2, 0) is 19.6 Å². The van der Waals surface area contributed by atoms with Crippen LogP contribution in [0.2, 0.25) is 0 Å². The molecule has 0 aliphatic carbocycles. The summed E-state index contributed by atoms with van der Waals surface area (Å²) in [6, 6.07) is 1.78. The van der Waals surface area contributed by atoms with Gasteiger partial charge in [0.2, 0.25) is 27.7 Å². The standard InChI is InChI=1S/C19H29N5O5S/c1-15-21-16(23-9-3-2-4-10-23)14-17(22-15)29-12-8-20-30(27,28)13-11-24-18(25)6-5-7-19(24)26/h14,20H,2-13H2,1H3. The number of rotatable bonds is 9. The molecule has 0 bridgehead atoms. The molecule has 0 saturated carbocycles. The average molecular weight is 440 g/mol. The Kier molecular flexibility index (Phi) is 7.59. The van der Waals surface area contributed by atoms with Crippen molar-refractivity contribution in [3.63, 3.8) is 0 Å². The van der Waals surface area contributed by atoms with Crippen LogP contribution < -0.4 is 14.4 Å². The summed E-state index contributed by atoms with van der Waals surface area (Å²) < 4.78 is 32.4. The Labute approximate surface area is 177 Å². The zero-order valence-corrected chi connectivity index (χ0v) is 18.1. The minimum atomic E-state index is -3.63. The number of piperidine rings is 2. The van der Waals surface area contributed by atoms with Crippen LogP contribution in [0.1, 0.15) is 44.3 Å². The fourth-order valence-electron chi connectivity index (χ4n) is 3.57. The topological polar surface area (TPSA) is 122 Å². The second-order valence-corrected chi connectivity index (χ2v) is 9.44. The first-order valence-corrected chi connectivity index (χ1v) is 12.0. The van der Waals surface area contributed by atoms with Gasteiger partial charge in [-0.15, -0.1) is 0 Å². The SMILES string of the molecule is Cc1nc(OCCNS(=O)(=O)CCN2C(=O)CCCC2=O)cc(N2CCCCC2)n1. The zero-order valence-electron chi connectivity index (χ0n) is 17.3. The first-order valence-electron chi connectivity index (χ1n) is 10.4. The van der Waals surface area contributed by atoms with E-state index in [1.54, 1.807) is 13.0 Å². The number of aryl methyl sites for hydroxylation is 1. The Bertz CT molecular complexity index is 854. The van der Waals surface area contributed by atoms with Crippen LogP contribution >= 0.6 is 0 Å². The minimum absolute atomic E-state index is 0.0618. The lowest BCUT2D eigenvalue weighted by Gasteiger charge is -2.28. The van der Waals surface area contributed by atoms with Gasteiger partial charge in [0.1, 0.15) is 18.2 Å². The van der Waals surface area contributed by atoms with Crippen LogP contribution in [0.3, 0.4) is 0 Å². The van der Waals surface area contributed by atoms with Crippen LogP contribution in [0.25, 0.3) is 0 Å². The summed E-state index contributed by atoms with van der Waals surface area (Å²) in [5, 5.41) is 0. The Morgan fingerprint density at radius 3 is 2.47 bits per heavy atom. The number of sulfonamides is 1. The molecule has 1 N–H and O–H groups in total. The molecule has 166 valence electrons. The molecule has 0 spiro atoms. The van der Waals surface area contributed by atoms with E-state index in [1.807, 2.05) is 0 Å². The monoisotopic (exact) mass is 439 g/mol. The van der Waals surface area contributed by atoms with Gasteiger partial charge in [-0.1, -0.05) is 0 Å². The Hall–Kier alpha value is -2.27. The van der Waals surface area contributed by atoms with Gasteiger partial charge < -0.3 is 9.64 Å². The van der Waals surface area contributed by atoms with Crippen molar-refractivity contribution in [1.29, 1.82) is 0 Å². The Morgan fingerprint density at radius 1 is 1.07 bits per heavy atom. The second kappa shape index (κ2) is 10.2. The van der Waals surface area contributed by atoms with Crippen LogP contribution in [-0.4, -0.2) is 73.6 Å². The quantitative estimate of drug-likeness (QED) is 0.439. The van der Waals surface area contributed by atoms with E-state index in [1.165, 1.54) is 6.42 Å². The molecule has 30 heavy (non-hydrogen) atoms. The number of aromatic nitrogens is 2. The maximum Gasteiger partial charge on any atom is 0.229 e.